The van der Waals surface area contributed by atoms with Gasteiger partial charge in [0.15, 0.2) is 0 Å². The molecule has 8 heteroatoms. The average Bonchev–Trinajstić information content (AvgIpc) is 3.37. The third-order valence-corrected chi connectivity index (χ3v) is 6.25. The van der Waals surface area contributed by atoms with E-state index < -0.39 is 30.1 Å². The Morgan fingerprint density at radius 2 is 1.66 bits per heavy atom. The smallest absolute Gasteiger partial charge is 0.407 e. The van der Waals surface area contributed by atoms with Crippen LogP contribution >= 0.6 is 0 Å². The number of hydrogen-bond acceptors (Lipinski definition) is 5. The van der Waals surface area contributed by atoms with E-state index in [0.717, 1.165) is 22.3 Å². The zero-order valence-electron chi connectivity index (χ0n) is 18.0. The van der Waals surface area contributed by atoms with Crippen molar-refractivity contribution in [3.8, 4) is 11.1 Å². The molecule has 2 unspecified atom stereocenters. The summed E-state index contributed by atoms with van der Waals surface area (Å²) in [5, 5.41) is 11.9. The maximum Gasteiger partial charge on any atom is 0.407 e. The Bertz CT molecular complexity index is 993. The first-order valence-electron chi connectivity index (χ1n) is 10.6. The van der Waals surface area contributed by atoms with Gasteiger partial charge in [-0.3, -0.25) is 9.59 Å². The zero-order chi connectivity index (χ0) is 22.8. The molecule has 0 bridgehead atoms. The molecule has 1 saturated heterocycles. The maximum absolute atomic E-state index is 12.7. The van der Waals surface area contributed by atoms with Crippen molar-refractivity contribution in [2.24, 2.45) is 5.92 Å². The molecule has 4 rings (SSSR count). The van der Waals surface area contributed by atoms with Crippen molar-refractivity contribution in [2.45, 2.75) is 25.0 Å². The van der Waals surface area contributed by atoms with Crippen LogP contribution in [0.3, 0.4) is 0 Å². The van der Waals surface area contributed by atoms with Crippen LogP contribution in [0.15, 0.2) is 48.5 Å². The Labute approximate surface area is 186 Å². The van der Waals surface area contributed by atoms with Gasteiger partial charge in [0.05, 0.1) is 6.10 Å². The van der Waals surface area contributed by atoms with Gasteiger partial charge in [0, 0.05) is 26.1 Å². The molecule has 32 heavy (non-hydrogen) atoms. The highest BCUT2D eigenvalue weighted by Gasteiger charge is 2.41. The number of alkyl carbamates (subject to hydrolysis) is 1. The molecule has 0 radical (unpaired) electrons. The number of carbonyl (C=O) groups excluding carboxylic acids is 2. The van der Waals surface area contributed by atoms with Crippen LogP contribution in [0.4, 0.5) is 4.79 Å². The monoisotopic (exact) mass is 438 g/mol. The number of carboxylic acids is 1. The van der Waals surface area contributed by atoms with Crippen LogP contribution in [0.2, 0.25) is 0 Å². The first-order chi connectivity index (χ1) is 15.4. The minimum absolute atomic E-state index is 0.0450. The van der Waals surface area contributed by atoms with Crippen molar-refractivity contribution in [2.75, 3.05) is 26.8 Å². The van der Waals surface area contributed by atoms with E-state index in [9.17, 15) is 19.5 Å². The van der Waals surface area contributed by atoms with Crippen molar-refractivity contribution in [1.82, 2.24) is 10.2 Å². The number of fused-ring (bicyclic) bond motifs is 3. The molecule has 2 aromatic carbocycles. The van der Waals surface area contributed by atoms with Gasteiger partial charge in [-0.05, 0) is 29.2 Å². The van der Waals surface area contributed by atoms with E-state index in [1.807, 2.05) is 36.4 Å². The Morgan fingerprint density at radius 1 is 1.06 bits per heavy atom. The molecule has 0 aromatic heterocycles. The normalized spacial score (nSPS) is 20.4. The second-order valence-corrected chi connectivity index (χ2v) is 8.15. The van der Waals surface area contributed by atoms with Crippen molar-refractivity contribution < 1.29 is 29.0 Å². The Morgan fingerprint density at radius 3 is 2.19 bits per heavy atom. The van der Waals surface area contributed by atoms with Crippen LogP contribution in [0, 0.1) is 5.92 Å². The highest BCUT2D eigenvalue weighted by Crippen LogP contribution is 2.44. The Hall–Kier alpha value is -3.39. The third-order valence-electron chi connectivity index (χ3n) is 6.25. The number of nitrogens with one attached hydrogen (secondary N) is 1. The van der Waals surface area contributed by atoms with Gasteiger partial charge in [-0.1, -0.05) is 48.5 Å². The number of ether oxygens (including phenoxy) is 2. The molecular formula is C24H26N2O6. The van der Waals surface area contributed by atoms with E-state index in [2.05, 4.69) is 17.4 Å². The van der Waals surface area contributed by atoms with E-state index in [0.29, 0.717) is 0 Å². The molecule has 2 aliphatic rings. The van der Waals surface area contributed by atoms with E-state index in [1.54, 1.807) is 6.92 Å². The number of methoxy groups -OCH3 is 1. The molecule has 1 heterocycles. The van der Waals surface area contributed by atoms with Crippen LogP contribution < -0.4 is 5.32 Å². The van der Waals surface area contributed by atoms with Gasteiger partial charge in [0.25, 0.3) is 0 Å². The van der Waals surface area contributed by atoms with Gasteiger partial charge in [0.1, 0.15) is 18.6 Å². The summed E-state index contributed by atoms with van der Waals surface area (Å²) in [5.74, 6) is -2.24. The number of rotatable bonds is 6. The second-order valence-electron chi connectivity index (χ2n) is 8.15. The number of aliphatic carboxylic acids is 1. The van der Waals surface area contributed by atoms with E-state index >= 15 is 0 Å². The average molecular weight is 438 g/mol. The summed E-state index contributed by atoms with van der Waals surface area (Å²) >= 11 is 0. The van der Waals surface area contributed by atoms with Crippen molar-refractivity contribution in [3.05, 3.63) is 59.7 Å². The first kappa shape index (κ1) is 21.8. The summed E-state index contributed by atoms with van der Waals surface area (Å²) in [4.78, 5) is 37.9. The standard InChI is InChI=1S/C24H26N2O6/c1-14(22(27)26-11-19(23(28)29)21(12-26)31-2)25-24(30)32-13-20-17-9-5-3-7-15(17)16-8-4-6-10-18(16)20/h3-10,14,19-21H,11-13H2,1-2H3,(H,25,30)(H,28,29)/t14-,19?,21?/m0/s1. The fraction of sp³-hybridized carbons (Fsp3) is 0.375. The molecule has 1 aliphatic heterocycles. The van der Waals surface area contributed by atoms with Crippen LogP contribution in [0.1, 0.15) is 24.0 Å². The van der Waals surface area contributed by atoms with Crippen molar-refractivity contribution in [1.29, 1.82) is 0 Å². The van der Waals surface area contributed by atoms with E-state index in [1.165, 1.54) is 12.0 Å². The first-order valence-corrected chi connectivity index (χ1v) is 10.6. The predicted molar refractivity (Wildman–Crippen MR) is 116 cm³/mol. The van der Waals surface area contributed by atoms with Gasteiger partial charge < -0.3 is 24.8 Å². The summed E-state index contributed by atoms with van der Waals surface area (Å²) in [6, 6.07) is 15.2. The largest absolute Gasteiger partial charge is 0.481 e. The van der Waals surface area contributed by atoms with E-state index in [4.69, 9.17) is 9.47 Å². The summed E-state index contributed by atoms with van der Waals surface area (Å²) in [5.41, 5.74) is 4.48. The predicted octanol–water partition coefficient (Wildman–Crippen LogP) is 2.47. The lowest BCUT2D eigenvalue weighted by Gasteiger charge is -2.22. The molecule has 1 fully saturated rings. The van der Waals surface area contributed by atoms with Crippen molar-refractivity contribution >= 4 is 18.0 Å². The highest BCUT2D eigenvalue weighted by atomic mass is 16.5. The molecule has 168 valence electrons. The number of benzene rings is 2. The minimum atomic E-state index is -1.01. The van der Waals surface area contributed by atoms with Gasteiger partial charge in [-0.2, -0.15) is 0 Å². The maximum atomic E-state index is 12.7. The molecule has 1 aliphatic carbocycles. The molecule has 0 saturated carbocycles. The molecule has 2 N–H and O–H groups in total. The van der Waals surface area contributed by atoms with Gasteiger partial charge in [-0.15, -0.1) is 0 Å². The minimum Gasteiger partial charge on any atom is -0.481 e. The van der Waals surface area contributed by atoms with Gasteiger partial charge >= 0.3 is 12.1 Å². The molecule has 2 aromatic rings. The number of hydrogen-bond donors (Lipinski definition) is 2. The quantitative estimate of drug-likeness (QED) is 0.718. The fourth-order valence-electron chi connectivity index (χ4n) is 4.58. The summed E-state index contributed by atoms with van der Waals surface area (Å²) in [6.45, 7) is 1.92. The Kier molecular flexibility index (Phi) is 6.14. The fourth-order valence-corrected chi connectivity index (χ4v) is 4.58. The lowest BCUT2D eigenvalue weighted by Crippen LogP contribution is -2.46. The summed E-state index contributed by atoms with van der Waals surface area (Å²) in [6.07, 6.45) is -1.26. The number of nitrogens with zero attached hydrogens (tertiary/aromatic N) is 1. The topological polar surface area (TPSA) is 105 Å². The third kappa shape index (κ3) is 4.05. The lowest BCUT2D eigenvalue weighted by atomic mass is 9.98. The van der Waals surface area contributed by atoms with Crippen LogP contribution in [-0.4, -0.2) is 66.9 Å². The van der Waals surface area contributed by atoms with Crippen LogP contribution in [-0.2, 0) is 19.1 Å². The molecule has 2 amide bonds. The van der Waals surface area contributed by atoms with Crippen molar-refractivity contribution in [3.63, 3.8) is 0 Å². The van der Waals surface area contributed by atoms with Gasteiger partial charge in [-0.25, -0.2) is 4.79 Å². The molecule has 8 nitrogen and oxygen atoms in total. The van der Waals surface area contributed by atoms with Crippen LogP contribution in [0.25, 0.3) is 11.1 Å². The Balaban J connectivity index is 1.36. The van der Waals surface area contributed by atoms with E-state index in [-0.39, 0.29) is 31.5 Å². The second kappa shape index (κ2) is 9.00. The number of likely N-dealkylation sites (tertiary alicyclic amines) is 1. The number of amides is 2. The lowest BCUT2D eigenvalue weighted by molar-refractivity contribution is -0.144. The SMILES string of the molecule is COC1CN(C(=O)[C@H](C)NC(=O)OCC2c3ccccc3-c3ccccc32)CC1C(=O)O. The van der Waals surface area contributed by atoms with Gasteiger partial charge in [0.2, 0.25) is 5.91 Å². The highest BCUT2D eigenvalue weighted by molar-refractivity contribution is 5.86. The molecule has 3 atom stereocenters. The molecular weight excluding hydrogens is 412 g/mol. The number of carbonyl (C=O) groups is 3. The van der Waals surface area contributed by atoms with Crippen LogP contribution in [0.5, 0.6) is 0 Å². The summed E-state index contributed by atoms with van der Waals surface area (Å²) in [7, 11) is 1.42. The zero-order valence-corrected chi connectivity index (χ0v) is 18.0. The molecule has 0 spiro atoms. The summed E-state index contributed by atoms with van der Waals surface area (Å²) < 4.78 is 10.7. The number of carboxylic acid groups (broad SMARTS) is 1.